The van der Waals surface area contributed by atoms with Crippen LogP contribution in [0.4, 0.5) is 0 Å². The fourth-order valence-electron chi connectivity index (χ4n) is 0.354. The summed E-state index contributed by atoms with van der Waals surface area (Å²) in [6.07, 6.45) is 2.73. The third-order valence-electron chi connectivity index (χ3n) is 0.707. The average Bonchev–Trinajstić information content (AvgIpc) is 1.41. The first kappa shape index (κ1) is 40.4. The van der Waals surface area contributed by atoms with Gasteiger partial charge in [0, 0.05) is 0 Å². The van der Waals surface area contributed by atoms with Crippen molar-refractivity contribution in [3.05, 3.63) is 0 Å². The summed E-state index contributed by atoms with van der Waals surface area (Å²) < 4.78 is 0. The molecule has 0 unspecified atom stereocenters. The number of rotatable bonds is 2. The number of unbranched alkanes of at least 4 members (excludes halogenated alkanes) is 1. The van der Waals surface area contributed by atoms with E-state index < -0.39 is 0 Å². The molecular formula is C4H17Cl4LiSi. The summed E-state index contributed by atoms with van der Waals surface area (Å²) in [6, 6.07) is 0. The van der Waals surface area contributed by atoms with Crippen LogP contribution in [0.2, 0.25) is 5.09 Å². The standard InChI is InChI=1S/C4H9.4ClH.Li.H4Si/c1-3-4-2;;;;;;/h1,3-4H2,2H3;4*1H;;1H4. The van der Waals surface area contributed by atoms with Crippen molar-refractivity contribution in [1.82, 2.24) is 0 Å². The van der Waals surface area contributed by atoms with E-state index in [1.54, 1.807) is 0 Å². The second kappa shape index (κ2) is 44.1. The molecule has 0 heterocycles. The molecule has 0 fully saturated rings. The van der Waals surface area contributed by atoms with Crippen molar-refractivity contribution in [3.63, 3.8) is 0 Å². The summed E-state index contributed by atoms with van der Waals surface area (Å²) in [6.45, 7) is 2.21. The van der Waals surface area contributed by atoms with Gasteiger partial charge in [-0.25, -0.2) is 0 Å². The van der Waals surface area contributed by atoms with Crippen molar-refractivity contribution < 1.29 is 0 Å². The molecule has 0 nitrogen and oxygen atoms in total. The molecule has 0 aromatic carbocycles. The number of halogens is 4. The fraction of sp³-hybridized carbons (Fsp3) is 1.00. The molecule has 0 aromatic heterocycles. The molecule has 0 N–H and O–H groups in total. The van der Waals surface area contributed by atoms with Crippen LogP contribution in [0.3, 0.4) is 0 Å². The molecule has 0 radical (unpaired) electrons. The first-order valence-electron chi connectivity index (χ1n) is 2.41. The van der Waals surface area contributed by atoms with Crippen LogP contribution in [0.25, 0.3) is 0 Å². The summed E-state index contributed by atoms with van der Waals surface area (Å²) in [5.41, 5.74) is 0. The van der Waals surface area contributed by atoms with Gasteiger partial charge >= 0.3 is 42.6 Å². The van der Waals surface area contributed by atoms with Gasteiger partial charge < -0.3 is 0 Å². The predicted octanol–water partition coefficient (Wildman–Crippen LogP) is 1.61. The van der Waals surface area contributed by atoms with Gasteiger partial charge in [0.2, 0.25) is 0 Å². The smallest absolute Gasteiger partial charge is 0.0149 e. The summed E-state index contributed by atoms with van der Waals surface area (Å²) in [4.78, 5) is 0. The van der Waals surface area contributed by atoms with Crippen LogP contribution in [0.1, 0.15) is 19.8 Å². The van der Waals surface area contributed by atoms with Gasteiger partial charge in [0.1, 0.15) is 0 Å². The van der Waals surface area contributed by atoms with Crippen LogP contribution in [0.5, 0.6) is 0 Å². The first-order chi connectivity index (χ1) is 2.41. The third kappa shape index (κ3) is 50.9. The zero-order chi connectivity index (χ0) is 4.12. The quantitative estimate of drug-likeness (QED) is 0.645. The second-order valence-corrected chi connectivity index (χ2v) is 1.35. The van der Waals surface area contributed by atoms with Crippen LogP contribution >= 0.6 is 49.6 Å². The zero-order valence-electron chi connectivity index (χ0n) is 5.75. The van der Waals surface area contributed by atoms with Crippen molar-refractivity contribution in [2.45, 2.75) is 24.9 Å². The topological polar surface area (TPSA) is 0 Å². The molecule has 0 rings (SSSR count). The molecule has 0 spiro atoms. The summed E-state index contributed by atoms with van der Waals surface area (Å²) >= 11 is 2.21. The van der Waals surface area contributed by atoms with Gasteiger partial charge in [-0.2, -0.15) is 0 Å². The number of hydrogen-bond donors (Lipinski definition) is 0. The van der Waals surface area contributed by atoms with Gasteiger partial charge in [-0.3, -0.25) is 0 Å². The normalized spacial score (nSPS) is 4.30. The molecule has 0 aromatic rings. The Bertz CT molecular complexity index is 24.7. The van der Waals surface area contributed by atoms with Gasteiger partial charge in [0.15, 0.2) is 0 Å². The molecule has 0 aliphatic heterocycles. The SMILES string of the molecule is Cl.Cl.Cl.Cl.[Li][CH2]CCC.[SiH4]. The van der Waals surface area contributed by atoms with E-state index >= 15 is 0 Å². The maximum Gasteiger partial charge on any atom is -0.0149 e. The number of hydrogen-bond acceptors (Lipinski definition) is 0. The predicted molar refractivity (Wildman–Crippen MR) is 65.8 cm³/mol. The Kier molecular flexibility index (Phi) is 178. The van der Waals surface area contributed by atoms with E-state index in [-0.39, 0.29) is 60.6 Å². The maximum atomic E-state index is 2.21. The van der Waals surface area contributed by atoms with Crippen LogP contribution in [-0.2, 0) is 0 Å². The van der Waals surface area contributed by atoms with E-state index in [0.29, 0.717) is 0 Å². The van der Waals surface area contributed by atoms with E-state index in [2.05, 4.69) is 24.6 Å². The summed E-state index contributed by atoms with van der Waals surface area (Å²) in [5.74, 6) is 0. The van der Waals surface area contributed by atoms with E-state index in [0.717, 1.165) is 0 Å². The summed E-state index contributed by atoms with van der Waals surface area (Å²) in [5, 5.41) is 1.34. The Morgan fingerprint density at radius 1 is 1.00 bits per heavy atom. The molecule has 0 bridgehead atoms. The van der Waals surface area contributed by atoms with Crippen molar-refractivity contribution in [2.24, 2.45) is 0 Å². The molecular weight excluding hydrogens is 225 g/mol. The Hall–Kier alpha value is 1.97. The molecule has 66 valence electrons. The molecule has 0 amide bonds. The molecule has 0 aliphatic rings. The molecule has 0 saturated heterocycles. The Morgan fingerprint density at radius 2 is 1.30 bits per heavy atom. The minimum absolute atomic E-state index is 0. The fourth-order valence-corrected chi connectivity index (χ4v) is 0.354. The minimum Gasteiger partial charge on any atom is -0.0149 e. The third-order valence-corrected chi connectivity index (χ3v) is 0.707. The van der Waals surface area contributed by atoms with E-state index in [1.165, 1.54) is 17.9 Å². The molecule has 6 heteroatoms. The molecule has 0 atom stereocenters. The molecule has 0 aliphatic carbocycles. The van der Waals surface area contributed by atoms with E-state index in [9.17, 15) is 0 Å². The van der Waals surface area contributed by atoms with Gasteiger partial charge in [0.25, 0.3) is 0 Å². The Balaban J connectivity index is -0.00000000800. The van der Waals surface area contributed by atoms with E-state index in [4.69, 9.17) is 0 Å². The van der Waals surface area contributed by atoms with Crippen LogP contribution in [0, 0.1) is 0 Å². The van der Waals surface area contributed by atoms with Crippen LogP contribution in [0.15, 0.2) is 0 Å². The van der Waals surface area contributed by atoms with Gasteiger partial charge in [0.05, 0.1) is 0 Å². The Morgan fingerprint density at radius 3 is 1.30 bits per heavy atom. The maximum absolute atomic E-state index is 2.21. The zero-order valence-corrected chi connectivity index (χ0v) is 9.02. The van der Waals surface area contributed by atoms with Crippen molar-refractivity contribution in [2.75, 3.05) is 0 Å². The van der Waals surface area contributed by atoms with Gasteiger partial charge in [-0.1, -0.05) is 0 Å². The largest absolute Gasteiger partial charge is 0.0149 e. The first-order valence-corrected chi connectivity index (χ1v) is 2.41. The van der Waals surface area contributed by atoms with Crippen molar-refractivity contribution >= 4 is 78.3 Å². The second-order valence-electron chi connectivity index (χ2n) is 1.35. The summed E-state index contributed by atoms with van der Waals surface area (Å²) in [7, 11) is 0. The van der Waals surface area contributed by atoms with Crippen LogP contribution in [-0.4, -0.2) is 28.7 Å². The van der Waals surface area contributed by atoms with Gasteiger partial charge in [-0.15, -0.1) is 49.6 Å². The van der Waals surface area contributed by atoms with Gasteiger partial charge in [-0.05, 0) is 11.0 Å². The van der Waals surface area contributed by atoms with Crippen molar-refractivity contribution in [1.29, 1.82) is 0 Å². The monoisotopic (exact) mass is 240 g/mol. The van der Waals surface area contributed by atoms with Crippen molar-refractivity contribution in [3.8, 4) is 0 Å². The average molecular weight is 242 g/mol. The Labute approximate surface area is 103 Å². The van der Waals surface area contributed by atoms with Crippen LogP contribution < -0.4 is 0 Å². The molecule has 10 heavy (non-hydrogen) atoms. The molecule has 0 saturated carbocycles. The van der Waals surface area contributed by atoms with E-state index in [1.807, 2.05) is 0 Å². The minimum atomic E-state index is 0.